The Balaban J connectivity index is 2.01. The molecule has 0 N–H and O–H groups in total. The highest BCUT2D eigenvalue weighted by Gasteiger charge is 2.46. The molecular formula is C25H16BrCl. The maximum atomic E-state index is 6.54. The Bertz CT molecular complexity index is 1090. The molecule has 0 aliphatic heterocycles. The molecule has 0 radical (unpaired) electrons. The quantitative estimate of drug-likeness (QED) is 0.272. The lowest BCUT2D eigenvalue weighted by atomic mass is 9.68. The Labute approximate surface area is 172 Å². The normalized spacial score (nSPS) is 13.9. The van der Waals surface area contributed by atoms with Gasteiger partial charge in [0.2, 0.25) is 0 Å². The number of halogens is 2. The minimum atomic E-state index is -0.387. The molecule has 0 nitrogen and oxygen atoms in total. The topological polar surface area (TPSA) is 0 Å². The second kappa shape index (κ2) is 6.37. The van der Waals surface area contributed by atoms with Gasteiger partial charge in [0, 0.05) is 15.1 Å². The van der Waals surface area contributed by atoms with Crippen molar-refractivity contribution in [3.05, 3.63) is 129 Å². The highest BCUT2D eigenvalue weighted by molar-refractivity contribution is 9.10. The molecule has 5 rings (SSSR count). The highest BCUT2D eigenvalue weighted by atomic mass is 79.9. The van der Waals surface area contributed by atoms with Crippen LogP contribution in [0.5, 0.6) is 0 Å². The van der Waals surface area contributed by atoms with Gasteiger partial charge in [-0.25, -0.2) is 0 Å². The summed E-state index contributed by atoms with van der Waals surface area (Å²) < 4.78 is 1.03. The zero-order valence-corrected chi connectivity index (χ0v) is 16.8. The Morgan fingerprint density at radius 1 is 0.630 bits per heavy atom. The summed E-state index contributed by atoms with van der Waals surface area (Å²) in [5.41, 5.74) is 7.10. The van der Waals surface area contributed by atoms with Gasteiger partial charge in [-0.15, -0.1) is 0 Å². The smallest absolute Gasteiger partial charge is 0.0714 e. The highest BCUT2D eigenvalue weighted by Crippen LogP contribution is 2.58. The third-order valence-corrected chi connectivity index (χ3v) is 6.32. The molecule has 0 atom stereocenters. The molecule has 1 aliphatic carbocycles. The molecule has 0 spiro atoms. The van der Waals surface area contributed by atoms with E-state index >= 15 is 0 Å². The molecule has 0 unspecified atom stereocenters. The van der Waals surface area contributed by atoms with Crippen LogP contribution in [0.4, 0.5) is 0 Å². The lowest BCUT2D eigenvalue weighted by Crippen LogP contribution is -2.28. The summed E-state index contributed by atoms with van der Waals surface area (Å²) in [6, 6.07) is 34.2. The first kappa shape index (κ1) is 16.8. The van der Waals surface area contributed by atoms with E-state index in [0.29, 0.717) is 0 Å². The first-order chi connectivity index (χ1) is 13.2. The zero-order chi connectivity index (χ0) is 18.4. The van der Waals surface area contributed by atoms with Crippen LogP contribution in [-0.4, -0.2) is 0 Å². The van der Waals surface area contributed by atoms with Gasteiger partial charge in [0.05, 0.1) is 5.41 Å². The Hall–Kier alpha value is -2.35. The summed E-state index contributed by atoms with van der Waals surface area (Å²) in [6.07, 6.45) is 0. The van der Waals surface area contributed by atoms with Gasteiger partial charge in [0.25, 0.3) is 0 Å². The number of hydrogen-bond acceptors (Lipinski definition) is 0. The molecular weight excluding hydrogens is 416 g/mol. The molecule has 0 saturated heterocycles. The zero-order valence-electron chi connectivity index (χ0n) is 14.5. The molecule has 2 heteroatoms. The van der Waals surface area contributed by atoms with Crippen molar-refractivity contribution in [1.82, 2.24) is 0 Å². The van der Waals surface area contributed by atoms with Crippen LogP contribution in [0.1, 0.15) is 22.3 Å². The van der Waals surface area contributed by atoms with E-state index in [1.807, 2.05) is 6.07 Å². The Morgan fingerprint density at radius 2 is 1.19 bits per heavy atom. The van der Waals surface area contributed by atoms with Crippen molar-refractivity contribution in [2.24, 2.45) is 0 Å². The van der Waals surface area contributed by atoms with Crippen molar-refractivity contribution >= 4 is 27.5 Å². The van der Waals surface area contributed by atoms with Crippen molar-refractivity contribution in [2.75, 3.05) is 0 Å². The van der Waals surface area contributed by atoms with E-state index in [9.17, 15) is 0 Å². The van der Waals surface area contributed by atoms with Gasteiger partial charge in [0.15, 0.2) is 0 Å². The fraction of sp³-hybridized carbons (Fsp3) is 0.0400. The third-order valence-electron chi connectivity index (χ3n) is 5.47. The van der Waals surface area contributed by atoms with E-state index < -0.39 is 0 Å². The predicted molar refractivity (Wildman–Crippen MR) is 116 cm³/mol. The average molecular weight is 432 g/mol. The predicted octanol–water partition coefficient (Wildman–Crippen LogP) is 7.47. The van der Waals surface area contributed by atoms with Gasteiger partial charge < -0.3 is 0 Å². The summed E-state index contributed by atoms with van der Waals surface area (Å²) in [5, 5.41) is 0.740. The summed E-state index contributed by atoms with van der Waals surface area (Å²) in [6.45, 7) is 0. The second-order valence-corrected chi connectivity index (χ2v) is 8.13. The van der Waals surface area contributed by atoms with Crippen LogP contribution in [0.3, 0.4) is 0 Å². The monoisotopic (exact) mass is 430 g/mol. The molecule has 0 saturated carbocycles. The molecule has 4 aromatic rings. The van der Waals surface area contributed by atoms with E-state index in [2.05, 4.69) is 107 Å². The van der Waals surface area contributed by atoms with Gasteiger partial charge in [-0.3, -0.25) is 0 Å². The maximum absolute atomic E-state index is 6.54. The largest absolute Gasteiger partial charge is 0.0843 e. The molecule has 27 heavy (non-hydrogen) atoms. The van der Waals surface area contributed by atoms with Crippen LogP contribution >= 0.6 is 27.5 Å². The first-order valence-electron chi connectivity index (χ1n) is 8.93. The van der Waals surface area contributed by atoms with Crippen molar-refractivity contribution in [1.29, 1.82) is 0 Å². The lowest BCUT2D eigenvalue weighted by molar-refractivity contribution is 0.768. The minimum Gasteiger partial charge on any atom is -0.0843 e. The SMILES string of the molecule is Clc1cc(Br)c2c(c1)C(c1ccccc1)(c1ccccc1)c1ccccc1-2. The van der Waals surface area contributed by atoms with Crippen LogP contribution < -0.4 is 0 Å². The van der Waals surface area contributed by atoms with Crippen LogP contribution in [-0.2, 0) is 5.41 Å². The fourth-order valence-electron chi connectivity index (χ4n) is 4.48. The number of hydrogen-bond donors (Lipinski definition) is 0. The molecule has 0 bridgehead atoms. The van der Waals surface area contributed by atoms with Crippen molar-refractivity contribution in [3.8, 4) is 11.1 Å². The van der Waals surface area contributed by atoms with Gasteiger partial charge in [0.1, 0.15) is 0 Å². The first-order valence-corrected chi connectivity index (χ1v) is 10.1. The maximum Gasteiger partial charge on any atom is 0.0714 e. The Kier molecular flexibility index (Phi) is 3.96. The van der Waals surface area contributed by atoms with Crippen LogP contribution in [0.2, 0.25) is 5.02 Å². The molecule has 4 aromatic carbocycles. The average Bonchev–Trinajstić information content (AvgIpc) is 3.00. The van der Waals surface area contributed by atoms with Crippen molar-refractivity contribution in [2.45, 2.75) is 5.41 Å². The van der Waals surface area contributed by atoms with E-state index in [0.717, 1.165) is 9.50 Å². The van der Waals surface area contributed by atoms with Crippen LogP contribution in [0, 0.1) is 0 Å². The van der Waals surface area contributed by atoms with Crippen LogP contribution in [0.25, 0.3) is 11.1 Å². The van der Waals surface area contributed by atoms with E-state index in [1.165, 1.54) is 33.4 Å². The van der Waals surface area contributed by atoms with E-state index in [-0.39, 0.29) is 5.41 Å². The molecule has 0 fully saturated rings. The number of rotatable bonds is 2. The summed E-state index contributed by atoms with van der Waals surface area (Å²) >= 11 is 10.3. The standard InChI is InChI=1S/C25H16BrCl/c26-23-16-19(27)15-22-24(23)20-13-7-8-14-21(20)25(22,17-9-3-1-4-10-17)18-11-5-2-6-12-18/h1-16H. The molecule has 130 valence electrons. The van der Waals surface area contributed by atoms with Crippen LogP contribution in [0.15, 0.2) is 102 Å². The van der Waals surface area contributed by atoms with E-state index in [4.69, 9.17) is 11.6 Å². The lowest BCUT2D eigenvalue weighted by Gasteiger charge is -2.34. The van der Waals surface area contributed by atoms with Gasteiger partial charge in [-0.2, -0.15) is 0 Å². The minimum absolute atomic E-state index is 0.387. The molecule has 1 aliphatic rings. The summed E-state index contributed by atoms with van der Waals surface area (Å²) in [4.78, 5) is 0. The Morgan fingerprint density at radius 3 is 1.81 bits per heavy atom. The van der Waals surface area contributed by atoms with E-state index in [1.54, 1.807) is 0 Å². The molecule has 0 heterocycles. The molecule has 0 amide bonds. The van der Waals surface area contributed by atoms with Gasteiger partial charge in [-0.1, -0.05) is 112 Å². The molecule has 0 aromatic heterocycles. The van der Waals surface area contributed by atoms with Gasteiger partial charge >= 0.3 is 0 Å². The fourth-order valence-corrected chi connectivity index (χ4v) is 5.51. The number of fused-ring (bicyclic) bond motifs is 3. The van der Waals surface area contributed by atoms with Gasteiger partial charge in [-0.05, 0) is 39.9 Å². The summed E-state index contributed by atoms with van der Waals surface area (Å²) in [7, 11) is 0. The summed E-state index contributed by atoms with van der Waals surface area (Å²) in [5.74, 6) is 0. The second-order valence-electron chi connectivity index (χ2n) is 6.84. The van der Waals surface area contributed by atoms with Crippen molar-refractivity contribution in [3.63, 3.8) is 0 Å². The number of benzene rings is 4. The van der Waals surface area contributed by atoms with Crippen molar-refractivity contribution < 1.29 is 0 Å². The third kappa shape index (κ3) is 2.35.